The number of aromatic nitrogens is 2. The van der Waals surface area contributed by atoms with Crippen LogP contribution in [0.5, 0.6) is 0 Å². The van der Waals surface area contributed by atoms with Crippen molar-refractivity contribution in [1.29, 1.82) is 0 Å². The van der Waals surface area contributed by atoms with Crippen molar-refractivity contribution in [3.05, 3.63) is 17.5 Å². The number of aryl methyl sites for hydroxylation is 1. The van der Waals surface area contributed by atoms with Gasteiger partial charge in [0.2, 0.25) is 0 Å². The molecule has 0 aliphatic carbocycles. The minimum atomic E-state index is -0.290. The molecule has 0 spiro atoms. The van der Waals surface area contributed by atoms with E-state index >= 15 is 0 Å². The lowest BCUT2D eigenvalue weighted by atomic mass is 9.96. The number of likely N-dealkylation sites (tertiary alicyclic amines) is 1. The van der Waals surface area contributed by atoms with Crippen LogP contribution in [0.1, 0.15) is 56.2 Å². The van der Waals surface area contributed by atoms with E-state index in [1.54, 1.807) is 4.68 Å². The van der Waals surface area contributed by atoms with Crippen molar-refractivity contribution in [1.82, 2.24) is 14.7 Å². The highest BCUT2D eigenvalue weighted by atomic mass is 16.3. The van der Waals surface area contributed by atoms with E-state index in [0.717, 1.165) is 5.69 Å². The smallest absolute Gasteiger partial charge is 0.272 e. The van der Waals surface area contributed by atoms with E-state index in [1.165, 1.54) is 0 Å². The highest BCUT2D eigenvalue weighted by Crippen LogP contribution is 2.21. The summed E-state index contributed by atoms with van der Waals surface area (Å²) in [5, 5.41) is 14.3. The Hall–Kier alpha value is -1.36. The maximum Gasteiger partial charge on any atom is 0.272 e. The van der Waals surface area contributed by atoms with Crippen LogP contribution in [0.25, 0.3) is 0 Å². The van der Waals surface area contributed by atoms with Crippen LogP contribution in [0.4, 0.5) is 0 Å². The monoisotopic (exact) mass is 279 g/mol. The molecule has 2 heterocycles. The van der Waals surface area contributed by atoms with Gasteiger partial charge in [0.15, 0.2) is 0 Å². The fourth-order valence-corrected chi connectivity index (χ4v) is 2.61. The lowest BCUT2D eigenvalue weighted by Gasteiger charge is -2.34. The van der Waals surface area contributed by atoms with Gasteiger partial charge in [-0.25, -0.2) is 0 Å². The molecule has 0 saturated carbocycles. The van der Waals surface area contributed by atoms with Gasteiger partial charge >= 0.3 is 0 Å². The largest absolute Gasteiger partial charge is 0.393 e. The molecule has 5 heteroatoms. The van der Waals surface area contributed by atoms with Gasteiger partial charge in [-0.05, 0) is 31.2 Å². The summed E-state index contributed by atoms with van der Waals surface area (Å²) >= 11 is 0. The first kappa shape index (κ1) is 15.0. The summed E-state index contributed by atoms with van der Waals surface area (Å²) in [5.74, 6) is 0.483. The normalized spacial score (nSPS) is 23.4. The molecule has 0 aromatic carbocycles. The molecular formula is C15H25N3O2. The quantitative estimate of drug-likeness (QED) is 0.919. The molecule has 1 aromatic rings. The van der Waals surface area contributed by atoms with E-state index in [1.807, 2.05) is 24.8 Å². The van der Waals surface area contributed by atoms with E-state index in [-0.39, 0.29) is 17.9 Å². The van der Waals surface area contributed by atoms with Gasteiger partial charge in [0, 0.05) is 19.6 Å². The molecule has 1 N–H and O–H groups in total. The first-order valence-electron chi connectivity index (χ1n) is 7.49. The average molecular weight is 279 g/mol. The third-order valence-corrected chi connectivity index (χ3v) is 4.06. The topological polar surface area (TPSA) is 58.4 Å². The number of carbonyl (C=O) groups excluding carboxylic acids is 1. The molecular weight excluding hydrogens is 254 g/mol. The average Bonchev–Trinajstić information content (AvgIpc) is 2.85. The molecule has 0 radical (unpaired) electrons. The number of amides is 1. The van der Waals surface area contributed by atoms with Crippen molar-refractivity contribution in [3.8, 4) is 0 Å². The van der Waals surface area contributed by atoms with Crippen LogP contribution in [-0.2, 0) is 6.54 Å². The zero-order valence-corrected chi connectivity index (χ0v) is 12.8. The van der Waals surface area contributed by atoms with E-state index in [4.69, 9.17) is 0 Å². The van der Waals surface area contributed by atoms with Crippen LogP contribution in [0.3, 0.4) is 0 Å². The Bertz CT molecular complexity index is 481. The molecule has 1 fully saturated rings. The molecule has 1 saturated heterocycles. The van der Waals surface area contributed by atoms with Crippen molar-refractivity contribution in [2.24, 2.45) is 5.92 Å². The molecule has 2 atom stereocenters. The fraction of sp³-hybridized carbons (Fsp3) is 0.733. The summed E-state index contributed by atoms with van der Waals surface area (Å²) in [7, 11) is 0. The fourth-order valence-electron chi connectivity index (χ4n) is 2.61. The summed E-state index contributed by atoms with van der Waals surface area (Å²) in [6.45, 7) is 10.1. The molecule has 0 bridgehead atoms. The van der Waals surface area contributed by atoms with Gasteiger partial charge in [0.1, 0.15) is 5.69 Å². The second-order valence-electron chi connectivity index (χ2n) is 6.01. The molecule has 1 amide bonds. The minimum Gasteiger partial charge on any atom is -0.393 e. The Morgan fingerprint density at radius 2 is 2.25 bits per heavy atom. The Morgan fingerprint density at radius 1 is 1.55 bits per heavy atom. The van der Waals surface area contributed by atoms with Gasteiger partial charge in [-0.1, -0.05) is 20.8 Å². The van der Waals surface area contributed by atoms with Gasteiger partial charge in [0.05, 0.1) is 11.8 Å². The Balaban J connectivity index is 2.20. The lowest BCUT2D eigenvalue weighted by Crippen LogP contribution is -2.45. The van der Waals surface area contributed by atoms with Gasteiger partial charge in [0.25, 0.3) is 5.91 Å². The number of aliphatic hydroxyl groups excluding tert-OH is 1. The Labute approximate surface area is 120 Å². The van der Waals surface area contributed by atoms with E-state index in [9.17, 15) is 9.90 Å². The minimum absolute atomic E-state index is 0.0324. The summed E-state index contributed by atoms with van der Waals surface area (Å²) in [6.07, 6.45) is 0.367. The maximum absolute atomic E-state index is 12.7. The lowest BCUT2D eigenvalue weighted by molar-refractivity contribution is 0.0290. The SMILES string of the molecule is CCn1nc(C(C)C)cc1C(=O)N1CCC(O)C(C)C1. The zero-order chi connectivity index (χ0) is 14.9. The van der Waals surface area contributed by atoms with Crippen molar-refractivity contribution >= 4 is 5.91 Å². The van der Waals surface area contributed by atoms with Gasteiger partial charge < -0.3 is 10.0 Å². The van der Waals surface area contributed by atoms with E-state index < -0.39 is 0 Å². The van der Waals surface area contributed by atoms with Crippen LogP contribution < -0.4 is 0 Å². The number of nitrogens with zero attached hydrogens (tertiary/aromatic N) is 3. The predicted molar refractivity (Wildman–Crippen MR) is 77.7 cm³/mol. The van der Waals surface area contributed by atoms with Crippen molar-refractivity contribution < 1.29 is 9.90 Å². The molecule has 2 unspecified atom stereocenters. The number of hydrogen-bond donors (Lipinski definition) is 1. The van der Waals surface area contributed by atoms with Crippen LogP contribution in [0.2, 0.25) is 0 Å². The third-order valence-electron chi connectivity index (χ3n) is 4.06. The van der Waals surface area contributed by atoms with Crippen LogP contribution >= 0.6 is 0 Å². The van der Waals surface area contributed by atoms with E-state index in [0.29, 0.717) is 37.7 Å². The second-order valence-corrected chi connectivity index (χ2v) is 6.01. The van der Waals surface area contributed by atoms with Gasteiger partial charge in [-0.3, -0.25) is 9.48 Å². The Morgan fingerprint density at radius 3 is 2.80 bits per heavy atom. The van der Waals surface area contributed by atoms with Crippen molar-refractivity contribution in [2.45, 2.75) is 52.7 Å². The zero-order valence-electron chi connectivity index (χ0n) is 12.8. The van der Waals surface area contributed by atoms with Crippen LogP contribution in [0.15, 0.2) is 6.07 Å². The second kappa shape index (κ2) is 5.95. The Kier molecular flexibility index (Phi) is 4.48. The standard InChI is InChI=1S/C15H25N3O2/c1-5-18-13(8-12(16-18)10(2)3)15(20)17-7-6-14(19)11(4)9-17/h8,10-11,14,19H,5-7,9H2,1-4H3. The number of piperidine rings is 1. The summed E-state index contributed by atoms with van der Waals surface area (Å²) in [4.78, 5) is 14.5. The molecule has 20 heavy (non-hydrogen) atoms. The van der Waals surface area contributed by atoms with Gasteiger partial charge in [-0.15, -0.1) is 0 Å². The highest BCUT2D eigenvalue weighted by molar-refractivity contribution is 5.92. The molecule has 5 nitrogen and oxygen atoms in total. The first-order valence-corrected chi connectivity index (χ1v) is 7.49. The highest BCUT2D eigenvalue weighted by Gasteiger charge is 2.29. The van der Waals surface area contributed by atoms with E-state index in [2.05, 4.69) is 18.9 Å². The summed E-state index contributed by atoms with van der Waals surface area (Å²) < 4.78 is 1.79. The third kappa shape index (κ3) is 2.87. The molecule has 1 aromatic heterocycles. The molecule has 112 valence electrons. The van der Waals surface area contributed by atoms with Crippen molar-refractivity contribution in [2.75, 3.05) is 13.1 Å². The number of aliphatic hydroxyl groups is 1. The summed E-state index contributed by atoms with van der Waals surface area (Å²) in [6, 6.07) is 1.91. The number of rotatable bonds is 3. The molecule has 1 aliphatic heterocycles. The first-order chi connectivity index (χ1) is 9.43. The van der Waals surface area contributed by atoms with Crippen LogP contribution in [0, 0.1) is 5.92 Å². The van der Waals surface area contributed by atoms with Crippen molar-refractivity contribution in [3.63, 3.8) is 0 Å². The maximum atomic E-state index is 12.7. The predicted octanol–water partition coefficient (Wildman–Crippen LogP) is 1.87. The number of carbonyl (C=O) groups is 1. The molecule has 1 aliphatic rings. The molecule has 2 rings (SSSR count). The van der Waals surface area contributed by atoms with Crippen LogP contribution in [-0.4, -0.2) is 44.9 Å². The summed E-state index contributed by atoms with van der Waals surface area (Å²) in [5.41, 5.74) is 1.63. The number of hydrogen-bond acceptors (Lipinski definition) is 3. The van der Waals surface area contributed by atoms with Gasteiger partial charge in [-0.2, -0.15) is 5.10 Å².